The van der Waals surface area contributed by atoms with Gasteiger partial charge in [-0.2, -0.15) is 0 Å². The van der Waals surface area contributed by atoms with Crippen LogP contribution in [0.3, 0.4) is 0 Å². The van der Waals surface area contributed by atoms with E-state index in [1.807, 2.05) is 0 Å². The van der Waals surface area contributed by atoms with Gasteiger partial charge in [-0.1, -0.05) is 15.9 Å². The Kier molecular flexibility index (Phi) is 3.28. The molecule has 0 radical (unpaired) electrons. The van der Waals surface area contributed by atoms with Crippen molar-refractivity contribution in [3.05, 3.63) is 52.5 Å². The zero-order valence-electron chi connectivity index (χ0n) is 8.58. The van der Waals surface area contributed by atoms with Gasteiger partial charge >= 0.3 is 0 Å². The lowest BCUT2D eigenvalue weighted by molar-refractivity contribution is 0.443. The average Bonchev–Trinajstić information content (AvgIpc) is 2.25. The Morgan fingerprint density at radius 1 is 1.00 bits per heavy atom. The van der Waals surface area contributed by atoms with E-state index in [1.165, 1.54) is 24.3 Å². The van der Waals surface area contributed by atoms with Gasteiger partial charge in [0, 0.05) is 10.5 Å². The molecule has 2 nitrogen and oxygen atoms in total. The van der Waals surface area contributed by atoms with E-state index in [4.69, 9.17) is 10.5 Å². The summed E-state index contributed by atoms with van der Waals surface area (Å²) in [5, 5.41) is 0. The number of nitrogens with two attached hydrogens (primary N) is 1. The topological polar surface area (TPSA) is 35.2 Å². The Balaban J connectivity index is 2.31. The SMILES string of the molecule is Nc1cc(F)ccc1Oc1ccc(Br)cc1F. The summed E-state index contributed by atoms with van der Waals surface area (Å²) in [6, 6.07) is 8.04. The van der Waals surface area contributed by atoms with Crippen LogP contribution in [0.5, 0.6) is 11.5 Å². The van der Waals surface area contributed by atoms with Crippen LogP contribution >= 0.6 is 15.9 Å². The third kappa shape index (κ3) is 2.74. The quantitative estimate of drug-likeness (QED) is 0.847. The summed E-state index contributed by atoms with van der Waals surface area (Å²) in [7, 11) is 0. The van der Waals surface area contributed by atoms with Crippen molar-refractivity contribution in [2.75, 3.05) is 5.73 Å². The number of benzene rings is 2. The lowest BCUT2D eigenvalue weighted by Gasteiger charge is -2.09. The van der Waals surface area contributed by atoms with Crippen LogP contribution < -0.4 is 10.5 Å². The minimum absolute atomic E-state index is 0.0338. The lowest BCUT2D eigenvalue weighted by Crippen LogP contribution is -1.94. The molecule has 2 N–H and O–H groups in total. The molecule has 0 amide bonds. The first kappa shape index (κ1) is 11.9. The number of anilines is 1. The van der Waals surface area contributed by atoms with Gasteiger partial charge in [0.15, 0.2) is 17.3 Å². The maximum absolute atomic E-state index is 13.5. The van der Waals surface area contributed by atoms with Gasteiger partial charge < -0.3 is 10.5 Å². The Labute approximate surface area is 105 Å². The van der Waals surface area contributed by atoms with E-state index >= 15 is 0 Å². The van der Waals surface area contributed by atoms with Gasteiger partial charge in [-0.15, -0.1) is 0 Å². The van der Waals surface area contributed by atoms with E-state index < -0.39 is 11.6 Å². The predicted octanol–water partition coefficient (Wildman–Crippen LogP) is 4.10. The van der Waals surface area contributed by atoms with Crippen LogP contribution in [-0.4, -0.2) is 0 Å². The third-order valence-corrected chi connectivity index (χ3v) is 2.58. The van der Waals surface area contributed by atoms with E-state index in [0.29, 0.717) is 4.47 Å². The van der Waals surface area contributed by atoms with Crippen molar-refractivity contribution in [3.63, 3.8) is 0 Å². The summed E-state index contributed by atoms with van der Waals surface area (Å²) in [6.07, 6.45) is 0. The maximum Gasteiger partial charge on any atom is 0.166 e. The molecule has 0 aliphatic rings. The van der Waals surface area contributed by atoms with Gasteiger partial charge in [-0.3, -0.25) is 0 Å². The molecule has 0 heterocycles. The van der Waals surface area contributed by atoms with Gasteiger partial charge in [0.05, 0.1) is 5.69 Å². The summed E-state index contributed by atoms with van der Waals surface area (Å²) in [6.45, 7) is 0. The molecule has 0 atom stereocenters. The molecule has 0 spiro atoms. The van der Waals surface area contributed by atoms with E-state index in [1.54, 1.807) is 6.07 Å². The minimum Gasteiger partial charge on any atom is -0.452 e. The first-order valence-electron chi connectivity index (χ1n) is 4.74. The Hall–Kier alpha value is -1.62. The van der Waals surface area contributed by atoms with Crippen molar-refractivity contribution in [1.82, 2.24) is 0 Å². The van der Waals surface area contributed by atoms with Gasteiger partial charge in [0.2, 0.25) is 0 Å². The summed E-state index contributed by atoms with van der Waals surface area (Å²) in [5.74, 6) is -0.742. The molecule has 0 aromatic heterocycles. The fourth-order valence-electron chi connectivity index (χ4n) is 1.29. The molecule has 0 fully saturated rings. The molecule has 17 heavy (non-hydrogen) atoms. The Morgan fingerprint density at radius 3 is 2.35 bits per heavy atom. The zero-order chi connectivity index (χ0) is 12.4. The highest BCUT2D eigenvalue weighted by Gasteiger charge is 2.08. The number of hydrogen-bond donors (Lipinski definition) is 1. The fourth-order valence-corrected chi connectivity index (χ4v) is 1.62. The second-order valence-electron chi connectivity index (χ2n) is 3.36. The number of nitrogen functional groups attached to an aromatic ring is 1. The summed E-state index contributed by atoms with van der Waals surface area (Å²) >= 11 is 3.14. The standard InChI is InChI=1S/C12H8BrF2NO/c13-7-1-3-11(9(15)5-7)17-12-4-2-8(14)6-10(12)16/h1-6H,16H2. The van der Waals surface area contributed by atoms with E-state index in [9.17, 15) is 8.78 Å². The Bertz CT molecular complexity index is 511. The van der Waals surface area contributed by atoms with Gasteiger partial charge in [0.1, 0.15) is 5.82 Å². The van der Waals surface area contributed by atoms with Crippen LogP contribution in [0.25, 0.3) is 0 Å². The molecule has 0 aliphatic carbocycles. The number of halogens is 3. The van der Waals surface area contributed by atoms with Crippen molar-refractivity contribution in [1.29, 1.82) is 0 Å². The van der Waals surface area contributed by atoms with Gasteiger partial charge in [0.25, 0.3) is 0 Å². The first-order chi connectivity index (χ1) is 8.06. The first-order valence-corrected chi connectivity index (χ1v) is 5.53. The van der Waals surface area contributed by atoms with Crippen LogP contribution in [0.1, 0.15) is 0 Å². The highest BCUT2D eigenvalue weighted by atomic mass is 79.9. The van der Waals surface area contributed by atoms with E-state index in [-0.39, 0.29) is 17.2 Å². The van der Waals surface area contributed by atoms with Crippen LogP contribution in [0.2, 0.25) is 0 Å². The highest BCUT2D eigenvalue weighted by molar-refractivity contribution is 9.10. The number of ether oxygens (including phenoxy) is 1. The smallest absolute Gasteiger partial charge is 0.166 e. The predicted molar refractivity (Wildman–Crippen MR) is 65.0 cm³/mol. The lowest BCUT2D eigenvalue weighted by atomic mass is 10.3. The molecule has 0 bridgehead atoms. The average molecular weight is 300 g/mol. The maximum atomic E-state index is 13.5. The van der Waals surface area contributed by atoms with Crippen molar-refractivity contribution in [2.24, 2.45) is 0 Å². The zero-order valence-corrected chi connectivity index (χ0v) is 10.2. The normalized spacial score (nSPS) is 10.3. The summed E-state index contributed by atoms with van der Waals surface area (Å²) in [5.41, 5.74) is 5.67. The minimum atomic E-state index is -0.525. The second-order valence-corrected chi connectivity index (χ2v) is 4.27. The number of rotatable bonds is 2. The fraction of sp³-hybridized carbons (Fsp3) is 0. The molecule has 0 saturated heterocycles. The van der Waals surface area contributed by atoms with Crippen LogP contribution in [0, 0.1) is 11.6 Å². The molecule has 5 heteroatoms. The second kappa shape index (κ2) is 4.71. The van der Waals surface area contributed by atoms with Crippen LogP contribution in [0.4, 0.5) is 14.5 Å². The molecule has 0 aliphatic heterocycles. The van der Waals surface area contributed by atoms with Gasteiger partial charge in [-0.05, 0) is 30.3 Å². The number of hydrogen-bond acceptors (Lipinski definition) is 2. The molecule has 88 valence electrons. The summed E-state index contributed by atoms with van der Waals surface area (Å²) < 4.78 is 32.1. The summed E-state index contributed by atoms with van der Waals surface area (Å²) in [4.78, 5) is 0. The van der Waals surface area contributed by atoms with E-state index in [2.05, 4.69) is 15.9 Å². The van der Waals surface area contributed by atoms with Crippen molar-refractivity contribution in [3.8, 4) is 11.5 Å². The monoisotopic (exact) mass is 299 g/mol. The van der Waals surface area contributed by atoms with Gasteiger partial charge in [-0.25, -0.2) is 8.78 Å². The molecular formula is C12H8BrF2NO. The molecule has 2 rings (SSSR count). The third-order valence-electron chi connectivity index (χ3n) is 2.09. The molecule has 2 aromatic carbocycles. The molecule has 2 aromatic rings. The molecule has 0 saturated carbocycles. The van der Waals surface area contributed by atoms with Crippen molar-refractivity contribution >= 4 is 21.6 Å². The highest BCUT2D eigenvalue weighted by Crippen LogP contribution is 2.30. The van der Waals surface area contributed by atoms with Crippen LogP contribution in [0.15, 0.2) is 40.9 Å². The van der Waals surface area contributed by atoms with Crippen LogP contribution in [-0.2, 0) is 0 Å². The van der Waals surface area contributed by atoms with Crippen molar-refractivity contribution < 1.29 is 13.5 Å². The largest absolute Gasteiger partial charge is 0.452 e. The van der Waals surface area contributed by atoms with Crippen molar-refractivity contribution in [2.45, 2.75) is 0 Å². The molecular weight excluding hydrogens is 292 g/mol. The van der Waals surface area contributed by atoms with E-state index in [0.717, 1.165) is 6.07 Å². The Morgan fingerprint density at radius 2 is 1.71 bits per heavy atom. The molecule has 0 unspecified atom stereocenters.